The molecule has 0 fully saturated rings. The molecular weight excluding hydrogens is 272 g/mol. The van der Waals surface area contributed by atoms with Crippen molar-refractivity contribution < 1.29 is 4.39 Å². The maximum atomic E-state index is 13.4. The van der Waals surface area contributed by atoms with Gasteiger partial charge in [-0.25, -0.2) is 4.39 Å². The first-order valence-corrected chi connectivity index (χ1v) is 5.74. The summed E-state index contributed by atoms with van der Waals surface area (Å²) in [7, 11) is 0. The smallest absolute Gasteiger partial charge is 0.142 e. The molecule has 0 aliphatic carbocycles. The van der Waals surface area contributed by atoms with Gasteiger partial charge >= 0.3 is 0 Å². The molecule has 0 aromatic heterocycles. The number of nitrogens with two attached hydrogens (primary N) is 1. The number of rotatable bonds is 2. The lowest BCUT2D eigenvalue weighted by Crippen LogP contribution is -1.99. The maximum Gasteiger partial charge on any atom is 0.142 e. The Balaban J connectivity index is 0.00000162. The molecule has 2 rings (SSSR count). The van der Waals surface area contributed by atoms with E-state index >= 15 is 0 Å². The van der Waals surface area contributed by atoms with Crippen LogP contribution in [0, 0.1) is 12.7 Å². The molecule has 0 heterocycles. The Labute approximate surface area is 117 Å². The molecule has 0 saturated heterocycles. The van der Waals surface area contributed by atoms with Gasteiger partial charge in [0, 0.05) is 6.54 Å². The summed E-state index contributed by atoms with van der Waals surface area (Å²) in [6.45, 7) is 2.49. The molecule has 0 radical (unpaired) electrons. The van der Waals surface area contributed by atoms with Crippen LogP contribution in [0.4, 0.5) is 4.39 Å². The molecule has 0 amide bonds. The summed E-state index contributed by atoms with van der Waals surface area (Å²) < 4.78 is 13.4. The maximum absolute atomic E-state index is 13.4. The normalized spacial score (nSPS) is 10.0. The van der Waals surface area contributed by atoms with Crippen LogP contribution in [0.15, 0.2) is 36.4 Å². The zero-order valence-electron chi connectivity index (χ0n) is 9.91. The second kappa shape index (κ2) is 6.19. The third kappa shape index (κ3) is 3.02. The van der Waals surface area contributed by atoms with Crippen LogP contribution in [0.25, 0.3) is 11.1 Å². The Morgan fingerprint density at radius 1 is 1.11 bits per heavy atom. The summed E-state index contributed by atoms with van der Waals surface area (Å²) in [4.78, 5) is 0. The van der Waals surface area contributed by atoms with E-state index in [1.807, 2.05) is 25.1 Å². The van der Waals surface area contributed by atoms with Gasteiger partial charge in [0.15, 0.2) is 0 Å². The van der Waals surface area contributed by atoms with Crippen LogP contribution in [0.3, 0.4) is 0 Å². The third-order valence-corrected chi connectivity index (χ3v) is 3.13. The van der Waals surface area contributed by atoms with Crippen molar-refractivity contribution >= 4 is 24.0 Å². The fourth-order valence-electron chi connectivity index (χ4n) is 1.75. The van der Waals surface area contributed by atoms with Gasteiger partial charge < -0.3 is 5.73 Å². The van der Waals surface area contributed by atoms with Gasteiger partial charge in [-0.1, -0.05) is 29.8 Å². The third-order valence-electron chi connectivity index (χ3n) is 2.82. The van der Waals surface area contributed by atoms with Crippen molar-refractivity contribution in [2.75, 3.05) is 0 Å². The van der Waals surface area contributed by atoms with Gasteiger partial charge in [0.1, 0.15) is 5.82 Å². The molecule has 0 atom stereocenters. The fourth-order valence-corrected chi connectivity index (χ4v) is 1.86. The number of halogens is 3. The van der Waals surface area contributed by atoms with E-state index in [9.17, 15) is 4.39 Å². The summed E-state index contributed by atoms with van der Waals surface area (Å²) in [5.41, 5.74) is 9.63. The Hall–Kier alpha value is -1.09. The summed E-state index contributed by atoms with van der Waals surface area (Å²) >= 11 is 5.66. The van der Waals surface area contributed by atoms with Crippen molar-refractivity contribution in [3.8, 4) is 11.1 Å². The van der Waals surface area contributed by atoms with E-state index < -0.39 is 5.82 Å². The standard InChI is InChI=1S/C14H13ClFN.ClH/c1-9-2-3-10(6-12(9)8-17)11-4-5-13(15)14(16)7-11;/h2-7H,8,17H2,1H3;1H. The van der Waals surface area contributed by atoms with E-state index in [0.29, 0.717) is 6.54 Å². The monoisotopic (exact) mass is 285 g/mol. The molecule has 1 nitrogen and oxygen atoms in total. The Morgan fingerprint density at radius 3 is 2.33 bits per heavy atom. The van der Waals surface area contributed by atoms with Crippen molar-refractivity contribution in [3.05, 3.63) is 58.4 Å². The molecule has 0 unspecified atom stereocenters. The number of aryl methyl sites for hydroxylation is 1. The molecule has 96 valence electrons. The number of hydrogen-bond acceptors (Lipinski definition) is 1. The molecule has 0 aliphatic heterocycles. The van der Waals surface area contributed by atoms with Crippen LogP contribution in [0.2, 0.25) is 5.02 Å². The molecule has 0 saturated carbocycles. The van der Waals surface area contributed by atoms with Gasteiger partial charge in [-0.3, -0.25) is 0 Å². The second-order valence-electron chi connectivity index (χ2n) is 3.97. The first kappa shape index (κ1) is 15.0. The van der Waals surface area contributed by atoms with Crippen LogP contribution in [0.5, 0.6) is 0 Å². The van der Waals surface area contributed by atoms with Crippen molar-refractivity contribution in [2.45, 2.75) is 13.5 Å². The van der Waals surface area contributed by atoms with E-state index in [-0.39, 0.29) is 17.4 Å². The summed E-state index contributed by atoms with van der Waals surface area (Å²) in [5, 5.41) is 0.139. The zero-order chi connectivity index (χ0) is 12.4. The van der Waals surface area contributed by atoms with E-state index in [1.54, 1.807) is 12.1 Å². The summed E-state index contributed by atoms with van der Waals surface area (Å²) in [5.74, 6) is -0.404. The van der Waals surface area contributed by atoms with E-state index in [1.165, 1.54) is 6.07 Å². The van der Waals surface area contributed by atoms with Gasteiger partial charge in [0.25, 0.3) is 0 Å². The molecule has 0 aliphatic rings. The fraction of sp³-hybridized carbons (Fsp3) is 0.143. The Bertz CT molecular complexity index is 555. The zero-order valence-corrected chi connectivity index (χ0v) is 11.5. The van der Waals surface area contributed by atoms with E-state index in [4.69, 9.17) is 17.3 Å². The van der Waals surface area contributed by atoms with Crippen molar-refractivity contribution in [3.63, 3.8) is 0 Å². The Kier molecular flexibility index (Phi) is 5.15. The van der Waals surface area contributed by atoms with Crippen LogP contribution in [-0.4, -0.2) is 0 Å². The second-order valence-corrected chi connectivity index (χ2v) is 4.38. The average Bonchev–Trinajstić information content (AvgIpc) is 2.33. The van der Waals surface area contributed by atoms with Gasteiger partial charge in [-0.05, 0) is 47.4 Å². The SMILES string of the molecule is Cc1ccc(-c2ccc(Cl)c(F)c2)cc1CN.Cl. The Morgan fingerprint density at radius 2 is 1.72 bits per heavy atom. The van der Waals surface area contributed by atoms with Crippen molar-refractivity contribution in [2.24, 2.45) is 5.73 Å². The number of benzene rings is 2. The van der Waals surface area contributed by atoms with Crippen LogP contribution < -0.4 is 5.73 Å². The predicted molar refractivity (Wildman–Crippen MR) is 76.7 cm³/mol. The molecule has 4 heteroatoms. The van der Waals surface area contributed by atoms with Crippen molar-refractivity contribution in [1.29, 1.82) is 0 Å². The quantitative estimate of drug-likeness (QED) is 0.873. The number of hydrogen-bond donors (Lipinski definition) is 1. The predicted octanol–water partition coefficient (Wildman–Crippen LogP) is 4.34. The van der Waals surface area contributed by atoms with Gasteiger partial charge in [0.2, 0.25) is 0 Å². The van der Waals surface area contributed by atoms with Gasteiger partial charge in [-0.2, -0.15) is 0 Å². The average molecular weight is 286 g/mol. The molecular formula is C14H14Cl2FN. The molecule has 0 bridgehead atoms. The lowest BCUT2D eigenvalue weighted by Gasteiger charge is -2.08. The van der Waals surface area contributed by atoms with Gasteiger partial charge in [0.05, 0.1) is 5.02 Å². The molecule has 2 aromatic carbocycles. The van der Waals surface area contributed by atoms with E-state index in [0.717, 1.165) is 22.3 Å². The first-order valence-electron chi connectivity index (χ1n) is 5.37. The summed E-state index contributed by atoms with van der Waals surface area (Å²) in [6, 6.07) is 10.7. The topological polar surface area (TPSA) is 26.0 Å². The van der Waals surface area contributed by atoms with Gasteiger partial charge in [-0.15, -0.1) is 12.4 Å². The van der Waals surface area contributed by atoms with Crippen LogP contribution in [0.1, 0.15) is 11.1 Å². The van der Waals surface area contributed by atoms with Crippen molar-refractivity contribution in [1.82, 2.24) is 0 Å². The summed E-state index contributed by atoms with van der Waals surface area (Å²) in [6.07, 6.45) is 0. The highest BCUT2D eigenvalue weighted by Crippen LogP contribution is 2.25. The molecule has 18 heavy (non-hydrogen) atoms. The molecule has 0 spiro atoms. The minimum absolute atomic E-state index is 0. The van der Waals surface area contributed by atoms with Crippen LogP contribution in [-0.2, 0) is 6.54 Å². The molecule has 2 aromatic rings. The minimum Gasteiger partial charge on any atom is -0.326 e. The highest BCUT2D eigenvalue weighted by Gasteiger charge is 2.05. The lowest BCUT2D eigenvalue weighted by molar-refractivity contribution is 0.629. The molecule has 2 N–H and O–H groups in total. The minimum atomic E-state index is -0.404. The lowest BCUT2D eigenvalue weighted by atomic mass is 10.00. The highest BCUT2D eigenvalue weighted by molar-refractivity contribution is 6.30. The largest absolute Gasteiger partial charge is 0.326 e. The van der Waals surface area contributed by atoms with E-state index in [2.05, 4.69) is 0 Å². The van der Waals surface area contributed by atoms with Crippen LogP contribution >= 0.6 is 24.0 Å². The first-order chi connectivity index (χ1) is 8.11. The highest BCUT2D eigenvalue weighted by atomic mass is 35.5.